The summed E-state index contributed by atoms with van der Waals surface area (Å²) in [5, 5.41) is 5.59. The van der Waals surface area contributed by atoms with E-state index in [9.17, 15) is 0 Å². The first-order valence-corrected chi connectivity index (χ1v) is 15.2. The minimum Gasteiger partial charge on any atom is -0.0613 e. The van der Waals surface area contributed by atoms with E-state index < -0.39 is 0 Å². The van der Waals surface area contributed by atoms with Crippen LogP contribution >= 0.6 is 0 Å². The van der Waals surface area contributed by atoms with E-state index in [1.165, 1.54) is 88.3 Å². The third-order valence-corrected chi connectivity index (χ3v) is 10.0. The zero-order valence-corrected chi connectivity index (χ0v) is 24.9. The fourth-order valence-electron chi connectivity index (χ4n) is 7.87. The molecule has 0 heterocycles. The standard InChI is InChI=1S/C41H36/c1-23(2)27-13-15-33(25(5)17-27)31-19-29-9-7-11-35-39(29)37(21-31)41(35)36-12-8-10-30-20-32(22-38(41)40(30)36)34-16-14-28(24(3)4)18-26(34)6/h7-24H,1-6H3. The van der Waals surface area contributed by atoms with Crippen LogP contribution in [-0.4, -0.2) is 0 Å². The molecular formula is C41H36. The highest BCUT2D eigenvalue weighted by Crippen LogP contribution is 2.65. The van der Waals surface area contributed by atoms with Gasteiger partial charge in [0.2, 0.25) is 0 Å². The maximum atomic E-state index is 2.50. The Hall–Kier alpha value is -4.16. The highest BCUT2D eigenvalue weighted by atomic mass is 14.6. The van der Waals surface area contributed by atoms with Crippen LogP contribution in [0, 0.1) is 13.8 Å². The predicted molar refractivity (Wildman–Crippen MR) is 175 cm³/mol. The Bertz CT molecular complexity index is 1920. The summed E-state index contributed by atoms with van der Waals surface area (Å²) in [6.45, 7) is 13.6. The van der Waals surface area contributed by atoms with Crippen LogP contribution < -0.4 is 0 Å². The molecule has 0 unspecified atom stereocenters. The lowest BCUT2D eigenvalue weighted by Crippen LogP contribution is -2.43. The maximum Gasteiger partial charge on any atom is 0.0726 e. The number of benzene rings is 6. The first-order chi connectivity index (χ1) is 19.8. The molecule has 0 atom stereocenters. The quantitative estimate of drug-likeness (QED) is 0.213. The zero-order valence-electron chi connectivity index (χ0n) is 24.9. The molecule has 0 N–H and O–H groups in total. The molecule has 0 bridgehead atoms. The molecular weight excluding hydrogens is 492 g/mol. The molecule has 6 aromatic rings. The average Bonchev–Trinajstić information content (AvgIpc) is 2.95. The Balaban J connectivity index is 1.34. The molecule has 0 aliphatic heterocycles. The molecule has 0 nitrogen and oxygen atoms in total. The molecule has 0 aromatic heterocycles. The summed E-state index contributed by atoms with van der Waals surface area (Å²) in [5.74, 6) is 1.07. The fraction of sp³-hybridized carbons (Fsp3) is 0.220. The summed E-state index contributed by atoms with van der Waals surface area (Å²) < 4.78 is 0. The number of fused-ring (bicyclic) bond motifs is 4. The summed E-state index contributed by atoms with van der Waals surface area (Å²) in [5.41, 5.74) is 16.6. The van der Waals surface area contributed by atoms with Crippen molar-refractivity contribution in [2.24, 2.45) is 0 Å². The van der Waals surface area contributed by atoms with Gasteiger partial charge in [0.05, 0.1) is 5.41 Å². The molecule has 0 fully saturated rings. The van der Waals surface area contributed by atoms with Crippen molar-refractivity contribution >= 4 is 21.5 Å². The van der Waals surface area contributed by atoms with E-state index in [1.807, 2.05) is 0 Å². The topological polar surface area (TPSA) is 0 Å². The molecule has 8 rings (SSSR count). The minimum absolute atomic E-state index is 0.146. The van der Waals surface area contributed by atoms with E-state index in [4.69, 9.17) is 0 Å². The van der Waals surface area contributed by atoms with E-state index in [-0.39, 0.29) is 5.41 Å². The van der Waals surface area contributed by atoms with Crippen LogP contribution in [0.5, 0.6) is 0 Å². The molecule has 0 heteroatoms. The first-order valence-electron chi connectivity index (χ1n) is 15.2. The van der Waals surface area contributed by atoms with Gasteiger partial charge in [0, 0.05) is 0 Å². The lowest BCUT2D eigenvalue weighted by molar-refractivity contribution is 0.702. The Labute approximate surface area is 243 Å². The van der Waals surface area contributed by atoms with Gasteiger partial charge in [-0.3, -0.25) is 0 Å². The van der Waals surface area contributed by atoms with E-state index in [2.05, 4.69) is 139 Å². The average molecular weight is 529 g/mol. The first kappa shape index (κ1) is 24.6. The molecule has 2 aliphatic rings. The highest BCUT2D eigenvalue weighted by Gasteiger charge is 2.54. The van der Waals surface area contributed by atoms with E-state index >= 15 is 0 Å². The highest BCUT2D eigenvalue weighted by molar-refractivity contribution is 6.12. The molecule has 6 aromatic carbocycles. The van der Waals surface area contributed by atoms with E-state index in [1.54, 1.807) is 0 Å². The summed E-state index contributed by atoms with van der Waals surface area (Å²) >= 11 is 0. The van der Waals surface area contributed by atoms with Gasteiger partial charge in [-0.2, -0.15) is 0 Å². The molecule has 2 aliphatic carbocycles. The molecule has 200 valence electrons. The Kier molecular flexibility index (Phi) is 5.06. The van der Waals surface area contributed by atoms with Gasteiger partial charge in [0.25, 0.3) is 0 Å². The number of hydrogen-bond acceptors (Lipinski definition) is 0. The van der Waals surface area contributed by atoms with Crippen molar-refractivity contribution in [3.63, 3.8) is 0 Å². The Morgan fingerprint density at radius 2 is 0.902 bits per heavy atom. The lowest BCUT2D eigenvalue weighted by atomic mass is 9.49. The summed E-state index contributed by atoms with van der Waals surface area (Å²) in [6.07, 6.45) is 0. The minimum atomic E-state index is -0.146. The van der Waals surface area contributed by atoms with Crippen LogP contribution in [0.3, 0.4) is 0 Å². The van der Waals surface area contributed by atoms with Crippen LogP contribution in [0.15, 0.2) is 97.1 Å². The van der Waals surface area contributed by atoms with Crippen molar-refractivity contribution < 1.29 is 0 Å². The van der Waals surface area contributed by atoms with Gasteiger partial charge in [-0.1, -0.05) is 100 Å². The van der Waals surface area contributed by atoms with Crippen LogP contribution in [-0.2, 0) is 5.41 Å². The van der Waals surface area contributed by atoms with Crippen LogP contribution in [0.4, 0.5) is 0 Å². The second kappa shape index (κ2) is 8.43. The number of rotatable bonds is 4. The Morgan fingerprint density at radius 1 is 0.463 bits per heavy atom. The third kappa shape index (κ3) is 3.17. The van der Waals surface area contributed by atoms with Crippen LogP contribution in [0.2, 0.25) is 0 Å². The zero-order chi connectivity index (χ0) is 28.2. The fourth-order valence-corrected chi connectivity index (χ4v) is 7.87. The van der Waals surface area contributed by atoms with Crippen LogP contribution in [0.1, 0.15) is 84.0 Å². The second-order valence-electron chi connectivity index (χ2n) is 13.1. The molecule has 0 amide bonds. The molecule has 0 saturated heterocycles. The predicted octanol–water partition coefficient (Wildman–Crippen LogP) is 11.2. The van der Waals surface area contributed by atoms with Crippen molar-refractivity contribution in [1.29, 1.82) is 0 Å². The van der Waals surface area contributed by atoms with Crippen molar-refractivity contribution in [1.82, 2.24) is 0 Å². The van der Waals surface area contributed by atoms with Crippen molar-refractivity contribution in [2.45, 2.75) is 58.8 Å². The van der Waals surface area contributed by atoms with E-state index in [0.29, 0.717) is 11.8 Å². The van der Waals surface area contributed by atoms with Gasteiger partial charge in [0.15, 0.2) is 0 Å². The third-order valence-electron chi connectivity index (χ3n) is 10.0. The molecule has 0 saturated carbocycles. The van der Waals surface area contributed by atoms with Crippen molar-refractivity contribution in [3.05, 3.63) is 142 Å². The summed E-state index contributed by atoms with van der Waals surface area (Å²) in [4.78, 5) is 0. The lowest BCUT2D eigenvalue weighted by Gasteiger charge is -2.52. The maximum absolute atomic E-state index is 2.50. The van der Waals surface area contributed by atoms with Gasteiger partial charge in [-0.15, -0.1) is 0 Å². The molecule has 0 radical (unpaired) electrons. The van der Waals surface area contributed by atoms with Crippen molar-refractivity contribution in [2.75, 3.05) is 0 Å². The van der Waals surface area contributed by atoms with Gasteiger partial charge < -0.3 is 0 Å². The van der Waals surface area contributed by atoms with Crippen molar-refractivity contribution in [3.8, 4) is 22.3 Å². The van der Waals surface area contributed by atoms with Gasteiger partial charge in [-0.25, -0.2) is 0 Å². The van der Waals surface area contributed by atoms with E-state index in [0.717, 1.165) is 0 Å². The molecule has 1 spiro atoms. The monoisotopic (exact) mass is 528 g/mol. The Morgan fingerprint density at radius 3 is 1.29 bits per heavy atom. The summed E-state index contributed by atoms with van der Waals surface area (Å²) in [6, 6.07) is 37.7. The van der Waals surface area contributed by atoms with Gasteiger partial charge >= 0.3 is 0 Å². The molecule has 41 heavy (non-hydrogen) atoms. The summed E-state index contributed by atoms with van der Waals surface area (Å²) in [7, 11) is 0. The second-order valence-corrected chi connectivity index (χ2v) is 13.1. The van der Waals surface area contributed by atoms with Crippen LogP contribution in [0.25, 0.3) is 43.8 Å². The number of aryl methyl sites for hydroxylation is 2. The van der Waals surface area contributed by atoms with Gasteiger partial charge in [-0.05, 0) is 138 Å². The normalized spacial score (nSPS) is 14.2. The number of hydrogen-bond donors (Lipinski definition) is 0. The largest absolute Gasteiger partial charge is 0.0726 e. The smallest absolute Gasteiger partial charge is 0.0613 e. The van der Waals surface area contributed by atoms with Gasteiger partial charge in [0.1, 0.15) is 0 Å². The SMILES string of the molecule is Cc1cc(C(C)C)ccc1-c1cc2c3c(cccc3c1)C21c2cccc3cc(-c4ccc(C(C)C)cc4C)cc1c23.